The van der Waals surface area contributed by atoms with Crippen molar-refractivity contribution in [2.75, 3.05) is 31.5 Å². The molecule has 26 heavy (non-hydrogen) atoms. The zero-order valence-corrected chi connectivity index (χ0v) is 15.3. The molecule has 1 aliphatic heterocycles. The number of nitrogens with one attached hydrogen (secondary N) is 2. The van der Waals surface area contributed by atoms with Crippen molar-refractivity contribution < 1.29 is 18.9 Å². The number of amides is 2. The molecule has 0 unspecified atom stereocenters. The predicted octanol–water partition coefficient (Wildman–Crippen LogP) is 1.21. The number of nitrogens with zero attached hydrogens (tertiary/aromatic N) is 1. The maximum Gasteiger partial charge on any atom is 0.289 e. The average Bonchev–Trinajstić information content (AvgIpc) is 3.22. The van der Waals surface area contributed by atoms with Crippen molar-refractivity contribution in [2.24, 2.45) is 0 Å². The zero-order valence-electron chi connectivity index (χ0n) is 15.3. The SMILES string of the molecule is CCc1ccc(NC(=O)[C@H](C)[NH+]2CCN(C(=O)c3ccco3)CC2)cc1. The van der Waals surface area contributed by atoms with E-state index in [0.29, 0.717) is 18.8 Å². The molecule has 2 amide bonds. The third-order valence-corrected chi connectivity index (χ3v) is 5.06. The van der Waals surface area contributed by atoms with E-state index in [1.807, 2.05) is 31.2 Å². The Kier molecular flexibility index (Phi) is 5.73. The van der Waals surface area contributed by atoms with Crippen molar-refractivity contribution >= 4 is 17.5 Å². The molecule has 3 rings (SSSR count). The fraction of sp³-hybridized carbons (Fsp3) is 0.400. The minimum atomic E-state index is -0.165. The van der Waals surface area contributed by atoms with Gasteiger partial charge in [0.1, 0.15) is 0 Å². The maximum absolute atomic E-state index is 12.5. The quantitative estimate of drug-likeness (QED) is 0.846. The van der Waals surface area contributed by atoms with Gasteiger partial charge in [-0.2, -0.15) is 0 Å². The molecule has 2 N–H and O–H groups in total. The lowest BCUT2D eigenvalue weighted by atomic mass is 10.1. The Morgan fingerprint density at radius 1 is 1.19 bits per heavy atom. The molecule has 6 heteroatoms. The summed E-state index contributed by atoms with van der Waals surface area (Å²) in [7, 11) is 0. The number of benzene rings is 1. The van der Waals surface area contributed by atoms with Crippen LogP contribution in [0.5, 0.6) is 0 Å². The molecule has 1 aliphatic rings. The number of hydrogen-bond donors (Lipinski definition) is 2. The highest BCUT2D eigenvalue weighted by Gasteiger charge is 2.31. The molecular weight excluding hydrogens is 330 g/mol. The highest BCUT2D eigenvalue weighted by atomic mass is 16.3. The summed E-state index contributed by atoms with van der Waals surface area (Å²) in [5.74, 6) is 0.298. The monoisotopic (exact) mass is 356 g/mol. The van der Waals surface area contributed by atoms with Gasteiger partial charge in [-0.25, -0.2) is 0 Å². The normalized spacial score (nSPS) is 16.3. The van der Waals surface area contributed by atoms with E-state index in [2.05, 4.69) is 12.2 Å². The number of quaternary nitrogens is 1. The number of rotatable bonds is 5. The molecule has 138 valence electrons. The molecule has 2 heterocycles. The molecule has 1 aromatic carbocycles. The number of piperazine rings is 1. The molecular formula is C20H26N3O3+. The van der Waals surface area contributed by atoms with Gasteiger partial charge >= 0.3 is 0 Å². The Hall–Kier alpha value is -2.60. The van der Waals surface area contributed by atoms with Crippen LogP contribution >= 0.6 is 0 Å². The molecule has 0 bridgehead atoms. The van der Waals surface area contributed by atoms with Crippen LogP contribution in [0.4, 0.5) is 5.69 Å². The van der Waals surface area contributed by atoms with E-state index in [1.54, 1.807) is 17.0 Å². The lowest BCUT2D eigenvalue weighted by Crippen LogP contribution is -3.19. The molecule has 1 saturated heterocycles. The molecule has 0 spiro atoms. The Morgan fingerprint density at radius 3 is 2.46 bits per heavy atom. The van der Waals surface area contributed by atoms with Crippen LogP contribution in [0.25, 0.3) is 0 Å². The van der Waals surface area contributed by atoms with E-state index in [0.717, 1.165) is 25.2 Å². The van der Waals surface area contributed by atoms with Crippen molar-refractivity contribution in [1.29, 1.82) is 0 Å². The fourth-order valence-electron chi connectivity index (χ4n) is 3.25. The molecule has 0 saturated carbocycles. The van der Waals surface area contributed by atoms with Crippen molar-refractivity contribution in [3.63, 3.8) is 0 Å². The molecule has 0 aliphatic carbocycles. The van der Waals surface area contributed by atoms with Gasteiger partial charge in [0.2, 0.25) is 0 Å². The van der Waals surface area contributed by atoms with Crippen LogP contribution in [0.15, 0.2) is 47.1 Å². The summed E-state index contributed by atoms with van der Waals surface area (Å²) in [6.07, 6.45) is 2.49. The topological polar surface area (TPSA) is 67.0 Å². The second-order valence-electron chi connectivity index (χ2n) is 6.69. The van der Waals surface area contributed by atoms with Gasteiger partial charge < -0.3 is 19.5 Å². The van der Waals surface area contributed by atoms with Crippen LogP contribution in [-0.4, -0.2) is 48.9 Å². The molecule has 6 nitrogen and oxygen atoms in total. The van der Waals surface area contributed by atoms with Crippen LogP contribution in [0.2, 0.25) is 0 Å². The lowest BCUT2D eigenvalue weighted by molar-refractivity contribution is -0.917. The zero-order chi connectivity index (χ0) is 18.5. The number of hydrogen-bond acceptors (Lipinski definition) is 3. The van der Waals surface area contributed by atoms with Crippen LogP contribution in [0.1, 0.15) is 30.0 Å². The van der Waals surface area contributed by atoms with Gasteiger partial charge in [0.15, 0.2) is 11.8 Å². The number of aryl methyl sites for hydroxylation is 1. The molecule has 1 fully saturated rings. The van der Waals surface area contributed by atoms with Gasteiger partial charge in [0.25, 0.3) is 11.8 Å². The smallest absolute Gasteiger partial charge is 0.289 e. The minimum absolute atomic E-state index is 0.00931. The summed E-state index contributed by atoms with van der Waals surface area (Å²) >= 11 is 0. The number of carbonyl (C=O) groups excluding carboxylic acids is 2. The Bertz CT molecular complexity index is 732. The Morgan fingerprint density at radius 2 is 1.88 bits per heavy atom. The lowest BCUT2D eigenvalue weighted by Gasteiger charge is -2.34. The van der Waals surface area contributed by atoms with Gasteiger partial charge in [-0.3, -0.25) is 9.59 Å². The largest absolute Gasteiger partial charge is 0.459 e. The number of carbonyl (C=O) groups is 2. The first kappa shape index (κ1) is 18.2. The Balaban J connectivity index is 1.51. The standard InChI is InChI=1S/C20H25N3O3/c1-3-16-6-8-17(9-7-16)21-19(24)15(2)22-10-12-23(13-11-22)20(25)18-5-4-14-26-18/h4-9,14-15H,3,10-13H2,1-2H3,(H,21,24)/p+1/t15-/m0/s1. The van der Waals surface area contributed by atoms with E-state index in [1.165, 1.54) is 16.7 Å². The van der Waals surface area contributed by atoms with E-state index < -0.39 is 0 Å². The van der Waals surface area contributed by atoms with Gasteiger partial charge in [0, 0.05) is 5.69 Å². The molecule has 1 aromatic heterocycles. The fourth-order valence-corrected chi connectivity index (χ4v) is 3.25. The highest BCUT2D eigenvalue weighted by molar-refractivity contribution is 5.93. The van der Waals surface area contributed by atoms with Crippen molar-refractivity contribution in [3.05, 3.63) is 54.0 Å². The summed E-state index contributed by atoms with van der Waals surface area (Å²) in [5.41, 5.74) is 2.07. The first-order valence-electron chi connectivity index (χ1n) is 9.15. The van der Waals surface area contributed by atoms with Gasteiger partial charge in [-0.1, -0.05) is 19.1 Å². The van der Waals surface area contributed by atoms with Crippen LogP contribution in [-0.2, 0) is 11.2 Å². The predicted molar refractivity (Wildman–Crippen MR) is 99.2 cm³/mol. The van der Waals surface area contributed by atoms with E-state index in [9.17, 15) is 9.59 Å². The first-order valence-corrected chi connectivity index (χ1v) is 9.15. The second-order valence-corrected chi connectivity index (χ2v) is 6.69. The minimum Gasteiger partial charge on any atom is -0.459 e. The summed E-state index contributed by atoms with van der Waals surface area (Å²) < 4.78 is 5.18. The van der Waals surface area contributed by atoms with E-state index >= 15 is 0 Å². The second kappa shape index (κ2) is 8.19. The maximum atomic E-state index is 12.5. The molecule has 0 radical (unpaired) electrons. The third kappa shape index (κ3) is 4.14. The van der Waals surface area contributed by atoms with Crippen LogP contribution in [0.3, 0.4) is 0 Å². The number of anilines is 1. The summed E-state index contributed by atoms with van der Waals surface area (Å²) in [6, 6.07) is 11.2. The summed E-state index contributed by atoms with van der Waals surface area (Å²) in [5, 5.41) is 2.99. The highest BCUT2D eigenvalue weighted by Crippen LogP contribution is 2.10. The summed E-state index contributed by atoms with van der Waals surface area (Å²) in [4.78, 5) is 27.8. The van der Waals surface area contributed by atoms with E-state index in [4.69, 9.17) is 4.42 Å². The first-order chi connectivity index (χ1) is 12.6. The number of furan rings is 1. The Labute approximate surface area is 153 Å². The summed E-state index contributed by atoms with van der Waals surface area (Å²) in [6.45, 7) is 6.78. The third-order valence-electron chi connectivity index (χ3n) is 5.06. The van der Waals surface area contributed by atoms with Gasteiger partial charge in [-0.05, 0) is 43.2 Å². The molecule has 2 aromatic rings. The van der Waals surface area contributed by atoms with Crippen molar-refractivity contribution in [3.8, 4) is 0 Å². The van der Waals surface area contributed by atoms with Crippen LogP contribution in [0, 0.1) is 0 Å². The van der Waals surface area contributed by atoms with Crippen molar-refractivity contribution in [1.82, 2.24) is 4.90 Å². The van der Waals surface area contributed by atoms with Crippen molar-refractivity contribution in [2.45, 2.75) is 26.3 Å². The molecule has 1 atom stereocenters. The van der Waals surface area contributed by atoms with Gasteiger partial charge in [0.05, 0.1) is 32.4 Å². The average molecular weight is 356 g/mol. The van der Waals surface area contributed by atoms with E-state index in [-0.39, 0.29) is 17.9 Å². The van der Waals surface area contributed by atoms with Crippen LogP contribution < -0.4 is 10.2 Å². The van der Waals surface area contributed by atoms with Gasteiger partial charge in [-0.15, -0.1) is 0 Å².